The van der Waals surface area contributed by atoms with Gasteiger partial charge in [-0.25, -0.2) is 0 Å². The van der Waals surface area contributed by atoms with Gasteiger partial charge in [-0.2, -0.15) is 0 Å². The Morgan fingerprint density at radius 3 is 2.62 bits per heavy atom. The fraction of sp³-hybridized carbons (Fsp3) is 0.250. The fourth-order valence-corrected chi connectivity index (χ4v) is 5.06. The molecule has 0 aliphatic carbocycles. The SMILES string of the molecule is CCNC(=O)c1ccc2c(O)cc3c(c2c1)C(CCl)CN3C(=O)c1cc2cc(NC(=O)CC)ccc2o1. The van der Waals surface area contributed by atoms with Crippen LogP contribution >= 0.6 is 11.6 Å². The molecule has 3 amide bonds. The second kappa shape index (κ2) is 9.78. The molecular formula is C28H26ClN3O5. The number of aromatic hydroxyl groups is 1. The van der Waals surface area contributed by atoms with Gasteiger partial charge in [0.2, 0.25) is 5.91 Å². The zero-order valence-corrected chi connectivity index (χ0v) is 21.2. The van der Waals surface area contributed by atoms with Crippen LogP contribution in [-0.2, 0) is 4.79 Å². The van der Waals surface area contributed by atoms with Gasteiger partial charge in [0.1, 0.15) is 11.3 Å². The van der Waals surface area contributed by atoms with Crippen LogP contribution in [0.5, 0.6) is 5.75 Å². The number of phenolic OH excluding ortho intramolecular Hbond substituents is 1. The van der Waals surface area contributed by atoms with Crippen molar-refractivity contribution >= 4 is 62.4 Å². The molecule has 1 aliphatic rings. The van der Waals surface area contributed by atoms with Crippen molar-refractivity contribution in [2.45, 2.75) is 26.2 Å². The Bertz CT molecular complexity index is 1560. The number of rotatable bonds is 6. The summed E-state index contributed by atoms with van der Waals surface area (Å²) < 4.78 is 5.86. The topological polar surface area (TPSA) is 112 Å². The predicted octanol–water partition coefficient (Wildman–Crippen LogP) is 5.37. The first-order valence-electron chi connectivity index (χ1n) is 12.1. The van der Waals surface area contributed by atoms with Crippen LogP contribution in [0.15, 0.2) is 52.9 Å². The number of carbonyl (C=O) groups is 3. The van der Waals surface area contributed by atoms with Crippen LogP contribution in [-0.4, -0.2) is 41.8 Å². The van der Waals surface area contributed by atoms with Gasteiger partial charge in [-0.15, -0.1) is 11.6 Å². The van der Waals surface area contributed by atoms with E-state index in [2.05, 4.69) is 10.6 Å². The van der Waals surface area contributed by atoms with Crippen molar-refractivity contribution in [3.05, 3.63) is 65.4 Å². The van der Waals surface area contributed by atoms with E-state index in [9.17, 15) is 19.5 Å². The van der Waals surface area contributed by atoms with E-state index in [1.165, 1.54) is 0 Å². The Labute approximate surface area is 218 Å². The van der Waals surface area contributed by atoms with Crippen molar-refractivity contribution in [3.63, 3.8) is 0 Å². The van der Waals surface area contributed by atoms with Crippen LogP contribution in [0.4, 0.5) is 11.4 Å². The number of phenols is 1. The van der Waals surface area contributed by atoms with E-state index in [4.69, 9.17) is 16.0 Å². The van der Waals surface area contributed by atoms with E-state index in [1.54, 1.807) is 60.4 Å². The van der Waals surface area contributed by atoms with Gasteiger partial charge in [0, 0.05) is 59.4 Å². The van der Waals surface area contributed by atoms with E-state index in [1.807, 2.05) is 6.92 Å². The number of carbonyl (C=O) groups excluding carboxylic acids is 3. The molecule has 0 saturated heterocycles. The summed E-state index contributed by atoms with van der Waals surface area (Å²) in [6.45, 7) is 4.41. The van der Waals surface area contributed by atoms with E-state index < -0.39 is 0 Å². The first kappa shape index (κ1) is 24.6. The smallest absolute Gasteiger partial charge is 0.294 e. The van der Waals surface area contributed by atoms with Crippen molar-refractivity contribution in [2.75, 3.05) is 29.2 Å². The minimum absolute atomic E-state index is 0.00476. The number of halogens is 1. The number of fused-ring (bicyclic) bond motifs is 4. The Morgan fingerprint density at radius 2 is 1.89 bits per heavy atom. The molecule has 9 heteroatoms. The molecule has 8 nitrogen and oxygen atoms in total. The van der Waals surface area contributed by atoms with Crippen molar-refractivity contribution in [3.8, 4) is 5.75 Å². The van der Waals surface area contributed by atoms with Crippen molar-refractivity contribution in [2.24, 2.45) is 0 Å². The van der Waals surface area contributed by atoms with Gasteiger partial charge in [0.15, 0.2) is 5.76 Å². The third kappa shape index (κ3) is 4.38. The Hall–Kier alpha value is -4.04. The van der Waals surface area contributed by atoms with Gasteiger partial charge in [-0.05, 0) is 60.3 Å². The van der Waals surface area contributed by atoms with Crippen molar-refractivity contribution in [1.29, 1.82) is 0 Å². The first-order chi connectivity index (χ1) is 17.8. The van der Waals surface area contributed by atoms with E-state index in [-0.39, 0.29) is 41.0 Å². The molecular weight excluding hydrogens is 494 g/mol. The number of amides is 3. The molecule has 1 unspecified atom stereocenters. The maximum absolute atomic E-state index is 13.6. The number of hydrogen-bond donors (Lipinski definition) is 3. The molecule has 1 aromatic heterocycles. The van der Waals surface area contributed by atoms with Crippen LogP contribution in [0, 0.1) is 0 Å². The molecule has 1 aliphatic heterocycles. The lowest BCUT2D eigenvalue weighted by Crippen LogP contribution is -2.29. The predicted molar refractivity (Wildman–Crippen MR) is 144 cm³/mol. The summed E-state index contributed by atoms with van der Waals surface area (Å²) in [5, 5.41) is 18.3. The number of hydrogen-bond acceptors (Lipinski definition) is 5. The lowest BCUT2D eigenvalue weighted by molar-refractivity contribution is -0.115. The average Bonchev–Trinajstić information content (AvgIpc) is 3.49. The van der Waals surface area contributed by atoms with Crippen LogP contribution in [0.2, 0.25) is 0 Å². The summed E-state index contributed by atoms with van der Waals surface area (Å²) in [5.41, 5.74) is 2.93. The molecule has 0 saturated carbocycles. The molecule has 190 valence electrons. The maximum Gasteiger partial charge on any atom is 0.294 e. The Balaban J connectivity index is 1.55. The molecule has 0 bridgehead atoms. The minimum atomic E-state index is -0.372. The summed E-state index contributed by atoms with van der Waals surface area (Å²) in [4.78, 5) is 39.4. The zero-order valence-electron chi connectivity index (χ0n) is 20.4. The second-order valence-electron chi connectivity index (χ2n) is 8.98. The lowest BCUT2D eigenvalue weighted by atomic mass is 9.94. The first-order valence-corrected chi connectivity index (χ1v) is 12.7. The highest BCUT2D eigenvalue weighted by molar-refractivity contribution is 6.19. The minimum Gasteiger partial charge on any atom is -0.507 e. The number of anilines is 2. The quantitative estimate of drug-likeness (QED) is 0.296. The Morgan fingerprint density at radius 1 is 1.08 bits per heavy atom. The summed E-state index contributed by atoms with van der Waals surface area (Å²) in [7, 11) is 0. The third-order valence-corrected chi connectivity index (χ3v) is 6.97. The molecule has 5 rings (SSSR count). The van der Waals surface area contributed by atoms with E-state index in [0.717, 1.165) is 5.56 Å². The average molecular weight is 520 g/mol. The second-order valence-corrected chi connectivity index (χ2v) is 9.29. The molecule has 0 spiro atoms. The van der Waals surface area contributed by atoms with Gasteiger partial charge in [-0.3, -0.25) is 14.4 Å². The van der Waals surface area contributed by atoms with E-state index >= 15 is 0 Å². The standard InChI is InChI=1S/C28H26ClN3O5/c1-3-25(34)31-18-6-8-23-16(9-18)11-24(37-23)28(36)32-14-17(13-29)26-20-10-15(27(35)30-4-2)5-7-19(20)22(33)12-21(26)32/h5-12,17,33H,3-4,13-14H2,1-2H3,(H,30,35)(H,31,34). The summed E-state index contributed by atoms with van der Waals surface area (Å²) in [6.07, 6.45) is 0.357. The van der Waals surface area contributed by atoms with Crippen molar-refractivity contribution in [1.82, 2.24) is 5.32 Å². The highest BCUT2D eigenvalue weighted by Gasteiger charge is 2.36. The third-order valence-electron chi connectivity index (χ3n) is 6.60. The summed E-state index contributed by atoms with van der Waals surface area (Å²) >= 11 is 6.34. The number of furan rings is 1. The number of alkyl halides is 1. The molecule has 3 N–H and O–H groups in total. The lowest BCUT2D eigenvalue weighted by Gasteiger charge is -2.17. The monoisotopic (exact) mass is 519 g/mol. The molecule has 2 heterocycles. The van der Waals surface area contributed by atoms with Crippen LogP contribution in [0.3, 0.4) is 0 Å². The van der Waals surface area contributed by atoms with Gasteiger partial charge < -0.3 is 25.1 Å². The molecule has 3 aromatic carbocycles. The summed E-state index contributed by atoms with van der Waals surface area (Å²) in [6, 6.07) is 13.5. The van der Waals surface area contributed by atoms with Gasteiger partial charge in [-0.1, -0.05) is 6.92 Å². The van der Waals surface area contributed by atoms with E-state index in [0.29, 0.717) is 58.2 Å². The molecule has 1 atom stereocenters. The molecule has 0 radical (unpaired) electrons. The van der Waals surface area contributed by atoms with Crippen LogP contribution in [0.25, 0.3) is 21.7 Å². The molecule has 4 aromatic rings. The van der Waals surface area contributed by atoms with Crippen LogP contribution in [0.1, 0.15) is 52.7 Å². The van der Waals surface area contributed by atoms with Gasteiger partial charge in [0.05, 0.1) is 5.69 Å². The van der Waals surface area contributed by atoms with Gasteiger partial charge >= 0.3 is 0 Å². The maximum atomic E-state index is 13.6. The number of nitrogens with zero attached hydrogens (tertiary/aromatic N) is 1. The highest BCUT2D eigenvalue weighted by atomic mass is 35.5. The molecule has 0 fully saturated rings. The number of benzene rings is 3. The van der Waals surface area contributed by atoms with Crippen molar-refractivity contribution < 1.29 is 23.9 Å². The Kier molecular flexibility index (Phi) is 6.52. The fourth-order valence-electron chi connectivity index (χ4n) is 4.81. The number of nitrogens with one attached hydrogen (secondary N) is 2. The van der Waals surface area contributed by atoms with Crippen LogP contribution < -0.4 is 15.5 Å². The summed E-state index contributed by atoms with van der Waals surface area (Å²) in [5.74, 6) is -0.510. The highest BCUT2D eigenvalue weighted by Crippen LogP contribution is 2.46. The zero-order chi connectivity index (χ0) is 26.3. The van der Waals surface area contributed by atoms with Gasteiger partial charge in [0.25, 0.3) is 11.8 Å². The normalized spacial score (nSPS) is 14.7. The largest absolute Gasteiger partial charge is 0.507 e. The molecule has 37 heavy (non-hydrogen) atoms.